The smallest absolute Gasteiger partial charge is 0.463 e. The van der Waals surface area contributed by atoms with E-state index >= 15 is 0 Å². The number of halogens is 3. The molecule has 0 spiro atoms. The van der Waals surface area contributed by atoms with Crippen LogP contribution in [-0.4, -0.2) is 102 Å². The Morgan fingerprint density at radius 3 is 1.92 bits per heavy atom. The Hall–Kier alpha value is -3.72. The Bertz CT molecular complexity index is 1550. The van der Waals surface area contributed by atoms with E-state index in [-0.39, 0.29) is 43.3 Å². The molecule has 2 N–H and O–H groups in total. The van der Waals surface area contributed by atoms with Crippen molar-refractivity contribution in [3.05, 3.63) is 47.1 Å². The first-order valence-electron chi connectivity index (χ1n) is 15.3. The maximum atomic E-state index is 12.2. The van der Waals surface area contributed by atoms with E-state index in [1.165, 1.54) is 6.92 Å². The molecule has 0 saturated heterocycles. The van der Waals surface area contributed by atoms with E-state index in [0.29, 0.717) is 31.8 Å². The summed E-state index contributed by atoms with van der Waals surface area (Å²) >= 11 is 0. The number of hydrogen-bond acceptors (Lipinski definition) is 13. The zero-order valence-corrected chi connectivity index (χ0v) is 28.9. The Morgan fingerprint density at radius 1 is 0.898 bits per heavy atom. The molecule has 0 aliphatic carbocycles. The first-order chi connectivity index (χ1) is 23.0. The Kier molecular flexibility index (Phi) is 16.0. The maximum Gasteiger partial charge on any atom is 0.534 e. The molecule has 0 atom stereocenters. The lowest BCUT2D eigenvalue weighted by molar-refractivity contribution is -0.140. The predicted octanol–water partition coefficient (Wildman–Crippen LogP) is 2.43. The van der Waals surface area contributed by atoms with Gasteiger partial charge in [0.2, 0.25) is 0 Å². The molecule has 2 aliphatic heterocycles. The van der Waals surface area contributed by atoms with Gasteiger partial charge in [-0.3, -0.25) is 9.36 Å². The molecule has 0 amide bonds. The summed E-state index contributed by atoms with van der Waals surface area (Å²) < 4.78 is 85.6. The topological polar surface area (TPSA) is 191 Å². The quantitative estimate of drug-likeness (QED) is 0.158. The molecule has 4 heterocycles. The minimum atomic E-state index is -5.82. The molecule has 15 nitrogen and oxygen atoms in total. The molecule has 2 aromatic rings. The first-order valence-corrected chi connectivity index (χ1v) is 16.7. The molecule has 2 aliphatic rings. The summed E-state index contributed by atoms with van der Waals surface area (Å²) in [6, 6.07) is 3.90. The van der Waals surface area contributed by atoms with E-state index in [4.69, 9.17) is 24.3 Å². The van der Waals surface area contributed by atoms with Crippen molar-refractivity contribution >= 4 is 40.3 Å². The van der Waals surface area contributed by atoms with Crippen LogP contribution in [0.2, 0.25) is 0 Å². The van der Waals surface area contributed by atoms with Crippen molar-refractivity contribution in [2.45, 2.75) is 72.0 Å². The van der Waals surface area contributed by atoms with Crippen molar-refractivity contribution in [2.24, 2.45) is 0 Å². The Balaban J connectivity index is 0.000000265. The zero-order chi connectivity index (χ0) is 36.9. The van der Waals surface area contributed by atoms with Gasteiger partial charge in [-0.25, -0.2) is 9.59 Å². The van der Waals surface area contributed by atoms with Crippen LogP contribution in [0.15, 0.2) is 41.4 Å². The van der Waals surface area contributed by atoms with Crippen LogP contribution in [0.3, 0.4) is 0 Å². The van der Waals surface area contributed by atoms with Crippen LogP contribution in [0.1, 0.15) is 72.2 Å². The second kappa shape index (κ2) is 18.9. The molecule has 0 fully saturated rings. The zero-order valence-electron chi connectivity index (χ0n) is 28.1. The first kappa shape index (κ1) is 41.5. The highest BCUT2D eigenvalue weighted by atomic mass is 32.2. The van der Waals surface area contributed by atoms with Crippen molar-refractivity contribution in [1.29, 1.82) is 0 Å². The molecule has 0 unspecified atom stereocenters. The predicted molar refractivity (Wildman–Crippen MR) is 169 cm³/mol. The fourth-order valence-electron chi connectivity index (χ4n) is 4.44. The number of nitrogens with zero attached hydrogens (tertiary/aromatic N) is 4. The number of ether oxygens (including phenoxy) is 4. The number of rotatable bonds is 10. The summed E-state index contributed by atoms with van der Waals surface area (Å²) in [6.07, 6.45) is 3.81. The molecule has 2 aromatic heterocycles. The number of carbonyl (C=O) groups is 2. The maximum absolute atomic E-state index is 12.2. The van der Waals surface area contributed by atoms with Gasteiger partial charge in [0.15, 0.2) is 5.76 Å². The summed E-state index contributed by atoms with van der Waals surface area (Å²) in [5.41, 5.74) is -2.85. The van der Waals surface area contributed by atoms with Crippen LogP contribution in [0, 0.1) is 0 Å². The van der Waals surface area contributed by atoms with Crippen LogP contribution in [0.4, 0.5) is 13.2 Å². The third-order valence-electron chi connectivity index (χ3n) is 6.63. The standard InChI is InChI=1S/C14H20N2O3.C9H11F3O6S.C6H11BN2O2/c1-4-19-14(17)11-6-8-18-9-12(11)13-5-7-15-16(13)10(2)3;1-2-17-8(13)6-3-4-16-5-7(6)18-19(14,15)9(10,11)12;1-5(2)9-6(7(10)11)3-4-8-9/h5,7,10H,4,6,8-9H2,1-3H3;2-5H2,1H3;3-5,10-11H,1-2H3. The summed E-state index contributed by atoms with van der Waals surface area (Å²) in [6.45, 7) is 12.2. The summed E-state index contributed by atoms with van der Waals surface area (Å²) in [5, 5.41) is 25.9. The van der Waals surface area contributed by atoms with E-state index in [0.717, 1.165) is 16.8 Å². The van der Waals surface area contributed by atoms with Gasteiger partial charge in [0.25, 0.3) is 0 Å². The molecule has 49 heavy (non-hydrogen) atoms. The largest absolute Gasteiger partial charge is 0.534 e. The van der Waals surface area contributed by atoms with Gasteiger partial charge < -0.3 is 33.2 Å². The van der Waals surface area contributed by atoms with E-state index in [2.05, 4.69) is 33.0 Å². The number of carbonyl (C=O) groups excluding carboxylic acids is 2. The monoisotopic (exact) mass is 722 g/mol. The van der Waals surface area contributed by atoms with Gasteiger partial charge in [0.05, 0.1) is 49.9 Å². The number of aromatic nitrogens is 4. The Labute approximate surface area is 282 Å². The second-order valence-corrected chi connectivity index (χ2v) is 12.3. The normalized spacial score (nSPS) is 15.3. The number of alkyl halides is 3. The van der Waals surface area contributed by atoms with E-state index in [1.54, 1.807) is 23.1 Å². The van der Waals surface area contributed by atoms with Gasteiger partial charge in [0, 0.05) is 48.5 Å². The van der Waals surface area contributed by atoms with Crippen LogP contribution >= 0.6 is 0 Å². The number of esters is 2. The van der Waals surface area contributed by atoms with Gasteiger partial charge in [-0.1, -0.05) is 0 Å². The lowest BCUT2D eigenvalue weighted by Crippen LogP contribution is -2.37. The SMILES string of the molecule is CC(C)n1nccc1B(O)O.CCOC(=O)C1=C(OS(=O)(=O)C(F)(F)F)COCC1.CCOC(=O)C1=C(c2ccnn2C(C)C)COCC1. The highest BCUT2D eigenvalue weighted by Crippen LogP contribution is 2.30. The molecule has 274 valence electrons. The molecule has 0 bridgehead atoms. The average molecular weight is 723 g/mol. The minimum absolute atomic E-state index is 0.00247. The van der Waals surface area contributed by atoms with Crippen LogP contribution in [-0.2, 0) is 42.8 Å². The molecule has 0 aromatic carbocycles. The molecule has 0 radical (unpaired) electrons. The van der Waals surface area contributed by atoms with Crippen molar-refractivity contribution in [3.8, 4) is 0 Å². The number of hydrogen-bond donors (Lipinski definition) is 2. The van der Waals surface area contributed by atoms with Crippen molar-refractivity contribution in [1.82, 2.24) is 19.6 Å². The lowest BCUT2D eigenvalue weighted by atomic mass is 9.86. The van der Waals surface area contributed by atoms with Crippen LogP contribution in [0.5, 0.6) is 0 Å². The Morgan fingerprint density at radius 2 is 1.41 bits per heavy atom. The molecular weight excluding hydrogens is 680 g/mol. The van der Waals surface area contributed by atoms with Gasteiger partial charge in [-0.05, 0) is 53.7 Å². The molecular formula is C29H42BF3N4O11S. The van der Waals surface area contributed by atoms with Crippen LogP contribution < -0.4 is 5.59 Å². The summed E-state index contributed by atoms with van der Waals surface area (Å²) in [4.78, 5) is 23.5. The average Bonchev–Trinajstić information content (AvgIpc) is 3.73. The fourth-order valence-corrected chi connectivity index (χ4v) is 4.95. The fraction of sp³-hybridized carbons (Fsp3) is 0.586. The highest BCUT2D eigenvalue weighted by molar-refractivity contribution is 7.87. The lowest BCUT2D eigenvalue weighted by Gasteiger charge is -2.21. The van der Waals surface area contributed by atoms with Gasteiger partial charge in [-0.15, -0.1) is 0 Å². The van der Waals surface area contributed by atoms with Gasteiger partial charge in [-0.2, -0.15) is 31.8 Å². The second-order valence-electron chi connectivity index (χ2n) is 10.8. The molecule has 4 rings (SSSR count). The third-order valence-corrected chi connectivity index (χ3v) is 7.62. The van der Waals surface area contributed by atoms with Crippen molar-refractivity contribution in [2.75, 3.05) is 39.6 Å². The van der Waals surface area contributed by atoms with Gasteiger partial charge in [0.1, 0.15) is 6.61 Å². The van der Waals surface area contributed by atoms with Gasteiger partial charge >= 0.3 is 34.7 Å². The van der Waals surface area contributed by atoms with Crippen molar-refractivity contribution < 1.29 is 64.4 Å². The summed E-state index contributed by atoms with van der Waals surface area (Å²) in [5.74, 6) is -1.85. The van der Waals surface area contributed by atoms with E-state index in [9.17, 15) is 31.2 Å². The van der Waals surface area contributed by atoms with E-state index < -0.39 is 41.1 Å². The molecule has 0 saturated carbocycles. The van der Waals surface area contributed by atoms with E-state index in [1.807, 2.05) is 31.5 Å². The molecule has 20 heteroatoms. The third kappa shape index (κ3) is 11.7. The van der Waals surface area contributed by atoms with Crippen LogP contribution in [0.25, 0.3) is 5.57 Å². The minimum Gasteiger partial charge on any atom is -0.463 e. The highest BCUT2D eigenvalue weighted by Gasteiger charge is 2.49. The van der Waals surface area contributed by atoms with Crippen molar-refractivity contribution in [3.63, 3.8) is 0 Å². The summed E-state index contributed by atoms with van der Waals surface area (Å²) in [7, 11) is -7.26.